The van der Waals surface area contributed by atoms with Crippen LogP contribution in [0.2, 0.25) is 15.1 Å². The largest absolute Gasteiger partial charge is 0.468 e. The molecule has 0 fully saturated rings. The zero-order chi connectivity index (χ0) is 13.9. The topological polar surface area (TPSA) is 59.5 Å². The first-order valence-electron chi connectivity index (χ1n) is 4.70. The molecule has 0 atom stereocenters. The molecule has 1 aromatic rings. The van der Waals surface area contributed by atoms with Crippen molar-refractivity contribution < 1.29 is 14.3 Å². The van der Waals surface area contributed by atoms with Gasteiger partial charge in [0.05, 0.1) is 22.2 Å². The van der Waals surface area contributed by atoms with Crippen LogP contribution in [-0.4, -0.2) is 42.5 Å². The first-order valence-corrected chi connectivity index (χ1v) is 5.83. The molecular weight excluding hydrogens is 302 g/mol. The third-order valence-electron chi connectivity index (χ3n) is 2.06. The minimum absolute atomic E-state index is 0.0446. The van der Waals surface area contributed by atoms with Gasteiger partial charge in [0.25, 0.3) is 5.91 Å². The van der Waals surface area contributed by atoms with E-state index in [4.69, 9.17) is 34.8 Å². The molecule has 0 unspecified atom stereocenters. The molecule has 1 amide bonds. The van der Waals surface area contributed by atoms with Crippen molar-refractivity contribution in [1.82, 2.24) is 9.88 Å². The summed E-state index contributed by atoms with van der Waals surface area (Å²) in [4.78, 5) is 27.9. The lowest BCUT2D eigenvalue weighted by atomic mass is 10.3. The van der Waals surface area contributed by atoms with Gasteiger partial charge in [0.2, 0.25) is 0 Å². The molecule has 0 aliphatic rings. The van der Waals surface area contributed by atoms with Crippen molar-refractivity contribution >= 4 is 46.7 Å². The number of carbonyl (C=O) groups excluding carboxylic acids is 2. The first kappa shape index (κ1) is 15.0. The molecule has 1 heterocycles. The second kappa shape index (κ2) is 6.22. The Morgan fingerprint density at radius 1 is 1.33 bits per heavy atom. The van der Waals surface area contributed by atoms with Crippen molar-refractivity contribution in [3.63, 3.8) is 0 Å². The number of pyridine rings is 1. The molecule has 0 aromatic carbocycles. The quantitative estimate of drug-likeness (QED) is 0.804. The number of esters is 1. The number of nitrogens with zero attached hydrogens (tertiary/aromatic N) is 2. The van der Waals surface area contributed by atoms with Gasteiger partial charge >= 0.3 is 5.97 Å². The zero-order valence-corrected chi connectivity index (χ0v) is 11.8. The van der Waals surface area contributed by atoms with Gasteiger partial charge in [0, 0.05) is 13.2 Å². The highest BCUT2D eigenvalue weighted by Crippen LogP contribution is 2.31. The lowest BCUT2D eigenvalue weighted by Crippen LogP contribution is -2.33. The highest BCUT2D eigenvalue weighted by atomic mass is 35.5. The average Bonchev–Trinajstić information content (AvgIpc) is 2.35. The first-order chi connectivity index (χ1) is 8.38. The molecule has 1 rings (SSSR count). The van der Waals surface area contributed by atoms with Gasteiger partial charge in [-0.05, 0) is 0 Å². The predicted molar refractivity (Wildman–Crippen MR) is 68.2 cm³/mol. The van der Waals surface area contributed by atoms with Gasteiger partial charge in [0.1, 0.15) is 12.2 Å². The van der Waals surface area contributed by atoms with Gasteiger partial charge in [-0.3, -0.25) is 9.59 Å². The number of amides is 1. The van der Waals surface area contributed by atoms with Crippen LogP contribution in [-0.2, 0) is 9.53 Å². The van der Waals surface area contributed by atoms with E-state index in [1.54, 1.807) is 0 Å². The number of halogens is 3. The molecule has 0 spiro atoms. The molecule has 5 nitrogen and oxygen atoms in total. The summed E-state index contributed by atoms with van der Waals surface area (Å²) in [5.74, 6) is -1.11. The molecule has 98 valence electrons. The molecular formula is C10H9Cl3N2O3. The Hall–Kier alpha value is -1.04. The molecule has 0 bridgehead atoms. The van der Waals surface area contributed by atoms with Crippen molar-refractivity contribution in [3.05, 3.63) is 27.0 Å². The zero-order valence-electron chi connectivity index (χ0n) is 9.54. The van der Waals surface area contributed by atoms with Crippen LogP contribution in [0.3, 0.4) is 0 Å². The third kappa shape index (κ3) is 3.25. The monoisotopic (exact) mass is 310 g/mol. The third-order valence-corrected chi connectivity index (χ3v) is 3.30. The summed E-state index contributed by atoms with van der Waals surface area (Å²) < 4.78 is 4.45. The van der Waals surface area contributed by atoms with Crippen LogP contribution in [0, 0.1) is 0 Å². The van der Waals surface area contributed by atoms with E-state index < -0.39 is 11.9 Å². The molecule has 0 aliphatic heterocycles. The van der Waals surface area contributed by atoms with E-state index in [1.807, 2.05) is 0 Å². The number of hydrogen-bond acceptors (Lipinski definition) is 4. The predicted octanol–water partition coefficient (Wildman–Crippen LogP) is 2.29. The number of aromatic nitrogens is 1. The summed E-state index contributed by atoms with van der Waals surface area (Å²) in [6, 6.07) is 0. The Balaban J connectivity index is 2.97. The smallest absolute Gasteiger partial charge is 0.325 e. The van der Waals surface area contributed by atoms with Crippen molar-refractivity contribution in [1.29, 1.82) is 0 Å². The maximum Gasteiger partial charge on any atom is 0.325 e. The SMILES string of the molecule is COC(=O)CN(C)C(=O)c1ncc(Cl)c(Cl)c1Cl. The maximum atomic E-state index is 11.9. The lowest BCUT2D eigenvalue weighted by molar-refractivity contribution is -0.141. The van der Waals surface area contributed by atoms with E-state index in [0.29, 0.717) is 0 Å². The van der Waals surface area contributed by atoms with Gasteiger partial charge in [-0.1, -0.05) is 34.8 Å². The van der Waals surface area contributed by atoms with Gasteiger partial charge in [-0.2, -0.15) is 0 Å². The fraction of sp³-hybridized carbons (Fsp3) is 0.300. The molecule has 18 heavy (non-hydrogen) atoms. The van der Waals surface area contributed by atoms with Crippen LogP contribution in [0.25, 0.3) is 0 Å². The second-order valence-corrected chi connectivity index (χ2v) is 4.48. The van der Waals surface area contributed by atoms with Crippen LogP contribution in [0.4, 0.5) is 0 Å². The van der Waals surface area contributed by atoms with E-state index in [0.717, 1.165) is 4.90 Å². The molecule has 0 N–H and O–H groups in total. The van der Waals surface area contributed by atoms with E-state index in [9.17, 15) is 9.59 Å². The molecule has 0 aliphatic carbocycles. The van der Waals surface area contributed by atoms with Gasteiger partial charge in [-0.15, -0.1) is 0 Å². The highest BCUT2D eigenvalue weighted by Gasteiger charge is 2.21. The minimum atomic E-state index is -0.554. The number of carbonyl (C=O) groups is 2. The Morgan fingerprint density at radius 2 is 1.94 bits per heavy atom. The van der Waals surface area contributed by atoms with E-state index in [-0.39, 0.29) is 27.3 Å². The molecule has 1 aromatic heterocycles. The summed E-state index contributed by atoms with van der Waals surface area (Å²) >= 11 is 17.4. The second-order valence-electron chi connectivity index (χ2n) is 3.32. The number of ether oxygens (including phenoxy) is 1. The van der Waals surface area contributed by atoms with Crippen LogP contribution < -0.4 is 0 Å². The summed E-state index contributed by atoms with van der Waals surface area (Å²) in [5.41, 5.74) is -0.0718. The Kier molecular flexibility index (Phi) is 5.19. The number of hydrogen-bond donors (Lipinski definition) is 0. The van der Waals surface area contributed by atoms with E-state index in [2.05, 4.69) is 9.72 Å². The fourth-order valence-electron chi connectivity index (χ4n) is 1.10. The molecule has 0 saturated heterocycles. The molecule has 0 saturated carbocycles. The molecule has 8 heteroatoms. The van der Waals surface area contributed by atoms with Gasteiger partial charge < -0.3 is 9.64 Å². The van der Waals surface area contributed by atoms with E-state index >= 15 is 0 Å². The normalized spacial score (nSPS) is 10.1. The van der Waals surface area contributed by atoms with Crippen LogP contribution >= 0.6 is 34.8 Å². The minimum Gasteiger partial charge on any atom is -0.468 e. The number of likely N-dealkylation sites (N-methyl/N-ethyl adjacent to an activating group) is 1. The van der Waals surface area contributed by atoms with Crippen molar-refractivity contribution in [3.8, 4) is 0 Å². The summed E-state index contributed by atoms with van der Waals surface area (Å²) in [5, 5.41) is 0.142. The van der Waals surface area contributed by atoms with Crippen molar-refractivity contribution in [2.24, 2.45) is 0 Å². The van der Waals surface area contributed by atoms with Crippen molar-refractivity contribution in [2.45, 2.75) is 0 Å². The Bertz CT molecular complexity index is 494. The number of rotatable bonds is 3. The Labute approximate surface area is 119 Å². The summed E-state index contributed by atoms with van der Waals surface area (Å²) in [6.07, 6.45) is 1.22. The average molecular weight is 312 g/mol. The summed E-state index contributed by atoms with van der Waals surface area (Å²) in [7, 11) is 2.64. The van der Waals surface area contributed by atoms with Gasteiger partial charge in [-0.25, -0.2) is 4.98 Å². The summed E-state index contributed by atoms with van der Waals surface area (Å²) in [6.45, 7) is -0.215. The Morgan fingerprint density at radius 3 is 2.50 bits per heavy atom. The number of methoxy groups -OCH3 is 1. The highest BCUT2D eigenvalue weighted by molar-refractivity contribution is 6.48. The van der Waals surface area contributed by atoms with Crippen molar-refractivity contribution in [2.75, 3.05) is 20.7 Å². The van der Waals surface area contributed by atoms with Crippen LogP contribution in [0.5, 0.6) is 0 Å². The standard InChI is InChI=1S/C10H9Cl3N2O3/c1-15(4-6(16)18-2)10(17)9-8(13)7(12)5(11)3-14-9/h3H,4H2,1-2H3. The van der Waals surface area contributed by atoms with Crippen LogP contribution in [0.15, 0.2) is 6.20 Å². The maximum absolute atomic E-state index is 11.9. The lowest BCUT2D eigenvalue weighted by Gasteiger charge is -2.16. The van der Waals surface area contributed by atoms with Crippen LogP contribution in [0.1, 0.15) is 10.5 Å². The van der Waals surface area contributed by atoms with Gasteiger partial charge in [0.15, 0.2) is 0 Å². The van der Waals surface area contributed by atoms with E-state index in [1.165, 1.54) is 20.4 Å². The molecule has 0 radical (unpaired) electrons. The fourth-order valence-corrected chi connectivity index (χ4v) is 1.66.